The standard InChI is InChI=1S/C29H23N3O6S/c1-14-9-15(2)24-22(10-14)39-29(30-24)31-25(17-5-4-6-20(13-17)32(36)37)23(27(34)28(31)35)26(33)18-7-8-21-19(12-18)11-16(3)38-21/h4-10,12-13,16,25,33H,11H2,1-3H3/b26-23+/t16-,25+/m0/s1. The van der Waals surface area contributed by atoms with Crippen LogP contribution >= 0.6 is 11.3 Å². The van der Waals surface area contributed by atoms with Crippen LogP contribution in [0.2, 0.25) is 0 Å². The Morgan fingerprint density at radius 3 is 2.72 bits per heavy atom. The van der Waals surface area contributed by atoms with E-state index in [-0.39, 0.29) is 28.3 Å². The molecule has 1 fully saturated rings. The zero-order valence-corrected chi connectivity index (χ0v) is 22.1. The highest BCUT2D eigenvalue weighted by Gasteiger charge is 2.48. The SMILES string of the molecule is Cc1cc(C)c2nc(N3C(=O)C(=O)/C(=C(/O)c4ccc5c(c4)C[C@H](C)O5)[C@H]3c3cccc([N+](=O)[O-])c3)sc2c1. The molecule has 6 rings (SSSR count). The zero-order chi connectivity index (χ0) is 27.6. The van der Waals surface area contributed by atoms with Crippen LogP contribution in [-0.4, -0.2) is 32.8 Å². The number of nitro benzene ring substituents is 1. The number of fused-ring (bicyclic) bond motifs is 2. The summed E-state index contributed by atoms with van der Waals surface area (Å²) in [5.41, 5.74) is 3.86. The van der Waals surface area contributed by atoms with Crippen molar-refractivity contribution in [3.63, 3.8) is 0 Å². The van der Waals surface area contributed by atoms with Crippen molar-refractivity contribution in [2.75, 3.05) is 4.90 Å². The Bertz CT molecular complexity index is 1760. The lowest BCUT2D eigenvalue weighted by molar-refractivity contribution is -0.384. The van der Waals surface area contributed by atoms with E-state index < -0.39 is 22.7 Å². The number of anilines is 1. The Balaban J connectivity index is 1.57. The van der Waals surface area contributed by atoms with Gasteiger partial charge in [0, 0.05) is 24.1 Å². The summed E-state index contributed by atoms with van der Waals surface area (Å²) in [4.78, 5) is 44.1. The fourth-order valence-corrected chi connectivity index (χ4v) is 6.51. The van der Waals surface area contributed by atoms with Crippen molar-refractivity contribution >= 4 is 49.8 Å². The number of amides is 1. The van der Waals surface area contributed by atoms with Gasteiger partial charge in [-0.15, -0.1) is 0 Å². The van der Waals surface area contributed by atoms with E-state index in [1.54, 1.807) is 24.3 Å². The Hall–Kier alpha value is -4.57. The molecule has 39 heavy (non-hydrogen) atoms. The van der Waals surface area contributed by atoms with E-state index in [1.807, 2.05) is 32.9 Å². The van der Waals surface area contributed by atoms with Crippen LogP contribution in [0.5, 0.6) is 5.75 Å². The van der Waals surface area contributed by atoms with Gasteiger partial charge >= 0.3 is 5.91 Å². The fraction of sp³-hybridized carbons (Fsp3) is 0.207. The first-order valence-electron chi connectivity index (χ1n) is 12.4. The molecule has 0 unspecified atom stereocenters. The molecular formula is C29H23N3O6S. The normalized spacial score (nSPS) is 19.9. The van der Waals surface area contributed by atoms with Gasteiger partial charge in [-0.2, -0.15) is 0 Å². The molecule has 1 aromatic heterocycles. The minimum atomic E-state index is -1.12. The van der Waals surface area contributed by atoms with E-state index in [9.17, 15) is 24.8 Å². The molecule has 2 aliphatic heterocycles. The second-order valence-corrected chi connectivity index (χ2v) is 10.9. The Kier molecular flexibility index (Phi) is 5.72. The van der Waals surface area contributed by atoms with Gasteiger partial charge in [-0.25, -0.2) is 4.98 Å². The van der Waals surface area contributed by atoms with Crippen LogP contribution in [0.15, 0.2) is 60.2 Å². The summed E-state index contributed by atoms with van der Waals surface area (Å²) in [6.07, 6.45) is 0.628. The van der Waals surface area contributed by atoms with E-state index in [0.717, 1.165) is 21.4 Å². The lowest BCUT2D eigenvalue weighted by Crippen LogP contribution is -2.29. The molecule has 0 aliphatic carbocycles. The molecule has 0 saturated carbocycles. The first-order chi connectivity index (χ1) is 18.6. The van der Waals surface area contributed by atoms with Crippen molar-refractivity contribution < 1.29 is 24.4 Å². The van der Waals surface area contributed by atoms with Gasteiger partial charge in [0.05, 0.1) is 26.8 Å². The van der Waals surface area contributed by atoms with Gasteiger partial charge in [0.15, 0.2) is 5.13 Å². The number of non-ortho nitro benzene ring substituents is 1. The number of hydrogen-bond acceptors (Lipinski definition) is 8. The molecule has 1 N–H and O–H groups in total. The van der Waals surface area contributed by atoms with Crippen LogP contribution in [0, 0.1) is 24.0 Å². The molecule has 3 heterocycles. The fourth-order valence-electron chi connectivity index (χ4n) is 5.34. The number of thiazole rings is 1. The molecule has 0 radical (unpaired) electrons. The van der Waals surface area contributed by atoms with Crippen molar-refractivity contribution in [2.24, 2.45) is 0 Å². The number of Topliss-reactive ketones (excluding diaryl/α,β-unsaturated/α-hetero) is 1. The van der Waals surface area contributed by atoms with Crippen LogP contribution in [-0.2, 0) is 16.0 Å². The van der Waals surface area contributed by atoms with E-state index in [0.29, 0.717) is 28.8 Å². The lowest BCUT2D eigenvalue weighted by Gasteiger charge is -2.22. The summed E-state index contributed by atoms with van der Waals surface area (Å²) in [5, 5.41) is 23.3. The summed E-state index contributed by atoms with van der Waals surface area (Å²) in [7, 11) is 0. The van der Waals surface area contributed by atoms with E-state index >= 15 is 0 Å². The first kappa shape index (κ1) is 24.7. The molecule has 1 saturated heterocycles. The second-order valence-electron chi connectivity index (χ2n) is 9.90. The highest BCUT2D eigenvalue weighted by Crippen LogP contribution is 2.45. The molecular weight excluding hydrogens is 518 g/mol. The number of aromatic nitrogens is 1. The lowest BCUT2D eigenvalue weighted by atomic mass is 9.94. The average Bonchev–Trinajstić information content (AvgIpc) is 3.56. The quantitative estimate of drug-likeness (QED) is 0.114. The highest BCUT2D eigenvalue weighted by molar-refractivity contribution is 7.22. The number of rotatable bonds is 4. The summed E-state index contributed by atoms with van der Waals surface area (Å²) >= 11 is 1.25. The average molecular weight is 542 g/mol. The van der Waals surface area contributed by atoms with E-state index in [4.69, 9.17) is 9.72 Å². The molecule has 2 aliphatic rings. The van der Waals surface area contributed by atoms with Crippen molar-refractivity contribution in [2.45, 2.75) is 39.3 Å². The molecule has 2 atom stereocenters. The van der Waals surface area contributed by atoms with E-state index in [2.05, 4.69) is 0 Å². The molecule has 4 aromatic rings. The molecule has 0 bridgehead atoms. The van der Waals surface area contributed by atoms with Crippen LogP contribution in [0.25, 0.3) is 16.0 Å². The summed E-state index contributed by atoms with van der Waals surface area (Å²) in [5.74, 6) is -1.40. The number of aliphatic hydroxyl groups excluding tert-OH is 1. The van der Waals surface area contributed by atoms with Gasteiger partial charge in [-0.3, -0.25) is 24.6 Å². The molecule has 9 nitrogen and oxygen atoms in total. The monoisotopic (exact) mass is 541 g/mol. The number of carbonyl (C=O) groups is 2. The van der Waals surface area contributed by atoms with E-state index in [1.165, 1.54) is 34.4 Å². The number of ether oxygens (including phenoxy) is 1. The number of aliphatic hydroxyl groups is 1. The largest absolute Gasteiger partial charge is 0.507 e. The van der Waals surface area contributed by atoms with Crippen molar-refractivity contribution in [1.29, 1.82) is 0 Å². The van der Waals surface area contributed by atoms with Crippen LogP contribution in [0.3, 0.4) is 0 Å². The summed E-state index contributed by atoms with van der Waals surface area (Å²) in [6, 6.07) is 13.7. The van der Waals surface area contributed by atoms with Gasteiger partial charge < -0.3 is 9.84 Å². The molecule has 10 heteroatoms. The first-order valence-corrected chi connectivity index (χ1v) is 13.2. The molecule has 0 spiro atoms. The molecule has 1 amide bonds. The molecule has 3 aromatic carbocycles. The second kappa shape index (κ2) is 9.02. The van der Waals surface area contributed by atoms with Gasteiger partial charge in [0.25, 0.3) is 11.5 Å². The van der Waals surface area contributed by atoms with Gasteiger partial charge in [-0.1, -0.05) is 29.5 Å². The van der Waals surface area contributed by atoms with Gasteiger partial charge in [-0.05, 0) is 67.3 Å². The number of nitrogens with zero attached hydrogens (tertiary/aromatic N) is 3. The van der Waals surface area contributed by atoms with Crippen molar-refractivity contribution in [3.05, 3.63) is 98.1 Å². The maximum Gasteiger partial charge on any atom is 0.301 e. The minimum absolute atomic E-state index is 0.0148. The maximum atomic E-state index is 13.6. The topological polar surface area (TPSA) is 123 Å². The van der Waals surface area contributed by atoms with Gasteiger partial charge in [0.2, 0.25) is 0 Å². The van der Waals surface area contributed by atoms with Crippen LogP contribution in [0.1, 0.15) is 40.8 Å². The number of ketones is 1. The zero-order valence-electron chi connectivity index (χ0n) is 21.3. The number of benzene rings is 3. The predicted molar refractivity (Wildman–Crippen MR) is 147 cm³/mol. The maximum absolute atomic E-state index is 13.6. The molecule has 196 valence electrons. The third-order valence-corrected chi connectivity index (χ3v) is 8.04. The minimum Gasteiger partial charge on any atom is -0.507 e. The van der Waals surface area contributed by atoms with Crippen LogP contribution < -0.4 is 9.64 Å². The van der Waals surface area contributed by atoms with Crippen molar-refractivity contribution in [3.8, 4) is 5.75 Å². The van der Waals surface area contributed by atoms with Gasteiger partial charge in [0.1, 0.15) is 17.6 Å². The number of carbonyl (C=O) groups excluding carboxylic acids is 2. The Morgan fingerprint density at radius 2 is 1.95 bits per heavy atom. The smallest absolute Gasteiger partial charge is 0.301 e. The number of hydrogen-bond donors (Lipinski definition) is 1. The summed E-state index contributed by atoms with van der Waals surface area (Å²) in [6.45, 7) is 5.82. The predicted octanol–water partition coefficient (Wildman–Crippen LogP) is 5.77. The highest BCUT2D eigenvalue weighted by atomic mass is 32.1. The van der Waals surface area contributed by atoms with Crippen LogP contribution in [0.4, 0.5) is 10.8 Å². The Labute approximate surface area is 227 Å². The Morgan fingerprint density at radius 1 is 1.15 bits per heavy atom. The number of aryl methyl sites for hydroxylation is 2. The number of nitro groups is 1. The van der Waals surface area contributed by atoms with Crippen molar-refractivity contribution in [1.82, 2.24) is 4.98 Å². The third-order valence-electron chi connectivity index (χ3n) is 7.04. The third kappa shape index (κ3) is 4.04. The summed E-state index contributed by atoms with van der Waals surface area (Å²) < 4.78 is 6.60.